The van der Waals surface area contributed by atoms with Crippen LogP contribution < -0.4 is 0 Å². The maximum atomic E-state index is 2.28. The molecule has 0 aliphatic carbocycles. The third-order valence-corrected chi connectivity index (χ3v) is 10.9. The standard InChI is InChI=1S/C24H24S4/c1-3-19-20(4-2)26-23(25-19)24-27-21(15-17-11-7-5-8-12-17)22(28-24)16-18-13-9-6-10-14-18/h5-14H,3-4,15-16H2,1-2H3. The second kappa shape index (κ2) is 9.71. The van der Waals surface area contributed by atoms with Gasteiger partial charge in [0.05, 0.1) is 8.47 Å². The highest BCUT2D eigenvalue weighted by atomic mass is 32.2. The Hall–Kier alpha value is -0.940. The molecule has 0 unspecified atom stereocenters. The summed E-state index contributed by atoms with van der Waals surface area (Å²) >= 11 is 8.04. The van der Waals surface area contributed by atoms with E-state index in [9.17, 15) is 0 Å². The van der Waals surface area contributed by atoms with E-state index in [1.54, 1.807) is 9.81 Å². The van der Waals surface area contributed by atoms with E-state index in [1.807, 2.05) is 47.0 Å². The first-order valence-electron chi connectivity index (χ1n) is 9.74. The van der Waals surface area contributed by atoms with Crippen molar-refractivity contribution < 1.29 is 0 Å². The van der Waals surface area contributed by atoms with Crippen LogP contribution in [0.3, 0.4) is 0 Å². The number of benzene rings is 2. The molecule has 28 heavy (non-hydrogen) atoms. The highest BCUT2D eigenvalue weighted by Gasteiger charge is 2.28. The zero-order valence-electron chi connectivity index (χ0n) is 16.2. The van der Waals surface area contributed by atoms with Crippen LogP contribution in [-0.2, 0) is 12.8 Å². The summed E-state index contributed by atoms with van der Waals surface area (Å²) in [4.78, 5) is 6.17. The Balaban J connectivity index is 1.59. The van der Waals surface area contributed by atoms with E-state index >= 15 is 0 Å². The fourth-order valence-corrected chi connectivity index (χ4v) is 9.18. The lowest BCUT2D eigenvalue weighted by molar-refractivity contribution is 1.12. The van der Waals surface area contributed by atoms with Crippen molar-refractivity contribution in [2.45, 2.75) is 39.5 Å². The first-order chi connectivity index (χ1) is 13.8. The lowest BCUT2D eigenvalue weighted by Crippen LogP contribution is -1.91. The molecule has 0 spiro atoms. The van der Waals surface area contributed by atoms with Crippen molar-refractivity contribution in [1.29, 1.82) is 0 Å². The minimum atomic E-state index is 1.03. The predicted molar refractivity (Wildman–Crippen MR) is 132 cm³/mol. The van der Waals surface area contributed by atoms with Crippen LogP contribution in [0, 0.1) is 0 Å². The van der Waals surface area contributed by atoms with E-state index in [2.05, 4.69) is 74.5 Å². The van der Waals surface area contributed by atoms with Crippen LogP contribution in [0.25, 0.3) is 0 Å². The van der Waals surface area contributed by atoms with Gasteiger partial charge in [-0.25, -0.2) is 0 Å². The first-order valence-corrected chi connectivity index (χ1v) is 13.0. The molecule has 0 nitrogen and oxygen atoms in total. The van der Waals surface area contributed by atoms with E-state index in [0.717, 1.165) is 25.7 Å². The van der Waals surface area contributed by atoms with Gasteiger partial charge in [0.25, 0.3) is 0 Å². The molecule has 0 radical (unpaired) electrons. The minimum absolute atomic E-state index is 1.03. The molecule has 2 aromatic carbocycles. The Morgan fingerprint density at radius 3 is 1.21 bits per heavy atom. The van der Waals surface area contributed by atoms with Gasteiger partial charge in [0.1, 0.15) is 0 Å². The Labute approximate surface area is 185 Å². The SMILES string of the molecule is CCC1=C(CC)SC(=C2SC(Cc3ccccc3)=C(Cc3ccccc3)S2)S1. The van der Waals surface area contributed by atoms with Crippen LogP contribution in [0.1, 0.15) is 37.8 Å². The van der Waals surface area contributed by atoms with Gasteiger partial charge in [-0.05, 0) is 33.8 Å². The molecule has 0 N–H and O–H groups in total. The van der Waals surface area contributed by atoms with Crippen molar-refractivity contribution in [2.24, 2.45) is 0 Å². The Kier molecular flexibility index (Phi) is 7.05. The molecule has 2 heterocycles. The average Bonchev–Trinajstić information content (AvgIpc) is 3.33. The summed E-state index contributed by atoms with van der Waals surface area (Å²) in [6, 6.07) is 21.8. The van der Waals surface area contributed by atoms with Crippen LogP contribution in [-0.4, -0.2) is 0 Å². The van der Waals surface area contributed by atoms with Gasteiger partial charge in [-0.2, -0.15) is 0 Å². The maximum Gasteiger partial charge on any atom is 0.0700 e. The molecule has 0 saturated carbocycles. The molecule has 2 aliphatic heterocycles. The van der Waals surface area contributed by atoms with Crippen LogP contribution in [0.4, 0.5) is 0 Å². The normalized spacial score (nSPS) is 17.2. The van der Waals surface area contributed by atoms with Crippen LogP contribution >= 0.6 is 47.0 Å². The van der Waals surface area contributed by atoms with Crippen LogP contribution in [0.2, 0.25) is 0 Å². The Morgan fingerprint density at radius 1 is 0.500 bits per heavy atom. The molecule has 0 atom stereocenters. The van der Waals surface area contributed by atoms with Gasteiger partial charge >= 0.3 is 0 Å². The molecule has 144 valence electrons. The summed E-state index contributed by atoms with van der Waals surface area (Å²) in [5.41, 5.74) is 2.80. The molecule has 2 aromatic rings. The summed E-state index contributed by atoms with van der Waals surface area (Å²) in [5.74, 6) is 0. The Bertz CT molecular complexity index is 850. The molecule has 2 aliphatic rings. The predicted octanol–water partition coefficient (Wildman–Crippen LogP) is 8.80. The van der Waals surface area contributed by atoms with Gasteiger partial charge in [-0.3, -0.25) is 0 Å². The van der Waals surface area contributed by atoms with Crippen LogP contribution in [0.15, 0.2) is 88.8 Å². The molecule has 0 saturated heterocycles. The van der Waals surface area contributed by atoms with Gasteiger partial charge < -0.3 is 0 Å². The summed E-state index contributed by atoms with van der Waals surface area (Å²) in [5, 5.41) is 0. The number of hydrogen-bond acceptors (Lipinski definition) is 4. The maximum absolute atomic E-state index is 2.28. The summed E-state index contributed by atoms with van der Waals surface area (Å²) in [6.07, 6.45) is 4.35. The first kappa shape index (κ1) is 20.3. The van der Waals surface area contributed by atoms with E-state index in [0.29, 0.717) is 0 Å². The number of thioether (sulfide) groups is 4. The van der Waals surface area contributed by atoms with E-state index in [4.69, 9.17) is 0 Å². The molecule has 0 aromatic heterocycles. The largest absolute Gasteiger partial charge is 0.0846 e. The topological polar surface area (TPSA) is 0 Å². The van der Waals surface area contributed by atoms with Crippen molar-refractivity contribution in [2.75, 3.05) is 0 Å². The van der Waals surface area contributed by atoms with E-state index < -0.39 is 0 Å². The van der Waals surface area contributed by atoms with Crippen molar-refractivity contribution in [3.63, 3.8) is 0 Å². The number of hydrogen-bond donors (Lipinski definition) is 0. The van der Waals surface area contributed by atoms with Gasteiger partial charge in [0.2, 0.25) is 0 Å². The third-order valence-electron chi connectivity index (χ3n) is 4.71. The second-order valence-corrected chi connectivity index (χ2v) is 11.6. The molecule has 0 bridgehead atoms. The summed E-state index contributed by atoms with van der Waals surface area (Å²) < 4.78 is 2.98. The van der Waals surface area contributed by atoms with Crippen molar-refractivity contribution >= 4 is 47.0 Å². The number of rotatable bonds is 6. The zero-order chi connectivity index (χ0) is 19.3. The smallest absolute Gasteiger partial charge is 0.0700 e. The average molecular weight is 441 g/mol. The summed E-state index contributed by atoms with van der Waals surface area (Å²) in [7, 11) is 0. The number of allylic oxidation sites excluding steroid dienone is 4. The quantitative estimate of drug-likeness (QED) is 0.440. The third kappa shape index (κ3) is 4.79. The highest BCUT2D eigenvalue weighted by Crippen LogP contribution is 2.61. The lowest BCUT2D eigenvalue weighted by Gasteiger charge is -2.06. The molecule has 4 heteroatoms. The molecule has 0 amide bonds. The monoisotopic (exact) mass is 440 g/mol. The van der Waals surface area contributed by atoms with Gasteiger partial charge in [-0.15, -0.1) is 0 Å². The molecule has 0 fully saturated rings. The van der Waals surface area contributed by atoms with Crippen molar-refractivity contribution in [1.82, 2.24) is 0 Å². The fourth-order valence-electron chi connectivity index (χ4n) is 3.25. The lowest BCUT2D eigenvalue weighted by atomic mass is 10.1. The van der Waals surface area contributed by atoms with Gasteiger partial charge in [0, 0.05) is 22.7 Å². The molecular weight excluding hydrogens is 417 g/mol. The highest BCUT2D eigenvalue weighted by molar-refractivity contribution is 8.34. The van der Waals surface area contributed by atoms with Gasteiger partial charge in [-0.1, -0.05) is 122 Å². The van der Waals surface area contributed by atoms with Crippen molar-refractivity contribution in [3.8, 4) is 0 Å². The van der Waals surface area contributed by atoms with E-state index in [1.165, 1.54) is 29.4 Å². The Morgan fingerprint density at radius 2 is 0.857 bits per heavy atom. The van der Waals surface area contributed by atoms with Crippen molar-refractivity contribution in [3.05, 3.63) is 99.9 Å². The second-order valence-electron chi connectivity index (χ2n) is 6.71. The molecular formula is C24H24S4. The van der Waals surface area contributed by atoms with Crippen LogP contribution in [0.5, 0.6) is 0 Å². The summed E-state index contributed by atoms with van der Waals surface area (Å²) in [6.45, 7) is 4.56. The van der Waals surface area contributed by atoms with Gasteiger partial charge in [0.15, 0.2) is 0 Å². The van der Waals surface area contributed by atoms with E-state index in [-0.39, 0.29) is 0 Å². The minimum Gasteiger partial charge on any atom is -0.0846 e. The fraction of sp³-hybridized carbons (Fsp3) is 0.250. The molecule has 4 rings (SSSR count). The zero-order valence-corrected chi connectivity index (χ0v) is 19.5.